The van der Waals surface area contributed by atoms with Crippen LogP contribution in [0.25, 0.3) is 0 Å². The van der Waals surface area contributed by atoms with Gasteiger partial charge in [0.25, 0.3) is 0 Å². The molecule has 5 nitrogen and oxygen atoms in total. The first-order chi connectivity index (χ1) is 12.7. The van der Waals surface area contributed by atoms with Gasteiger partial charge in [-0.25, -0.2) is 4.79 Å². The normalized spacial score (nSPS) is 17.7. The van der Waals surface area contributed by atoms with Crippen molar-refractivity contribution in [3.63, 3.8) is 0 Å². The molecule has 2 aromatic rings. The SMILES string of the molecule is CN1CCN(C(=O)Nc2ccccc2N2CCCc3ccccc32)CC1. The van der Waals surface area contributed by atoms with E-state index < -0.39 is 0 Å². The number of carbonyl (C=O) groups is 1. The highest BCUT2D eigenvalue weighted by molar-refractivity contribution is 5.94. The second kappa shape index (κ2) is 7.38. The predicted octanol–water partition coefficient (Wildman–Crippen LogP) is 3.55. The number of nitrogens with zero attached hydrogens (tertiary/aromatic N) is 3. The van der Waals surface area contributed by atoms with Gasteiger partial charge in [-0.05, 0) is 43.7 Å². The van der Waals surface area contributed by atoms with Crippen molar-refractivity contribution in [3.8, 4) is 0 Å². The molecule has 2 aliphatic heterocycles. The fraction of sp³-hybridized carbons (Fsp3) is 0.381. The van der Waals surface area contributed by atoms with Gasteiger partial charge in [-0.3, -0.25) is 0 Å². The Morgan fingerprint density at radius 2 is 1.58 bits per heavy atom. The van der Waals surface area contributed by atoms with Crippen LogP contribution in [0.15, 0.2) is 48.5 Å². The molecule has 0 spiro atoms. The summed E-state index contributed by atoms with van der Waals surface area (Å²) < 4.78 is 0. The quantitative estimate of drug-likeness (QED) is 0.900. The minimum atomic E-state index is -0.00385. The Morgan fingerprint density at radius 3 is 2.38 bits per heavy atom. The van der Waals surface area contributed by atoms with Gasteiger partial charge in [-0.1, -0.05) is 30.3 Å². The second-order valence-electron chi connectivity index (χ2n) is 7.12. The lowest BCUT2D eigenvalue weighted by molar-refractivity contribution is 0.164. The summed E-state index contributed by atoms with van der Waals surface area (Å²) in [6.45, 7) is 4.37. The number of benzene rings is 2. The van der Waals surface area contributed by atoms with Crippen molar-refractivity contribution in [2.24, 2.45) is 0 Å². The van der Waals surface area contributed by atoms with Gasteiger partial charge in [-0.15, -0.1) is 0 Å². The highest BCUT2D eigenvalue weighted by Crippen LogP contribution is 2.37. The smallest absolute Gasteiger partial charge is 0.321 e. The maximum Gasteiger partial charge on any atom is 0.321 e. The summed E-state index contributed by atoms with van der Waals surface area (Å²) in [5.74, 6) is 0. The first-order valence-corrected chi connectivity index (χ1v) is 9.41. The highest BCUT2D eigenvalue weighted by Gasteiger charge is 2.23. The molecule has 2 aliphatic rings. The number of amides is 2. The van der Waals surface area contributed by atoms with E-state index in [9.17, 15) is 4.79 Å². The summed E-state index contributed by atoms with van der Waals surface area (Å²) in [5, 5.41) is 3.15. The number of aryl methyl sites for hydroxylation is 1. The first kappa shape index (κ1) is 16.9. The minimum Gasteiger partial charge on any atom is -0.340 e. The van der Waals surface area contributed by atoms with E-state index in [4.69, 9.17) is 0 Å². The number of piperazine rings is 1. The standard InChI is InChI=1S/C21H26N4O/c1-23-13-15-24(16-14-23)21(26)22-18-9-3-5-11-20(18)25-12-6-8-17-7-2-4-10-19(17)25/h2-5,7,9-11H,6,8,12-16H2,1H3,(H,22,26). The van der Waals surface area contributed by atoms with Crippen molar-refractivity contribution in [1.82, 2.24) is 9.80 Å². The number of hydrogen-bond acceptors (Lipinski definition) is 3. The number of likely N-dealkylation sites (N-methyl/N-ethyl adjacent to an activating group) is 1. The lowest BCUT2D eigenvalue weighted by Crippen LogP contribution is -2.48. The molecule has 0 bridgehead atoms. The maximum atomic E-state index is 12.7. The van der Waals surface area contributed by atoms with Gasteiger partial charge in [0.1, 0.15) is 0 Å². The van der Waals surface area contributed by atoms with Crippen molar-refractivity contribution in [2.75, 3.05) is 50.0 Å². The predicted molar refractivity (Wildman–Crippen MR) is 106 cm³/mol. The Hall–Kier alpha value is -2.53. The molecule has 0 atom stereocenters. The Labute approximate surface area is 155 Å². The van der Waals surface area contributed by atoms with Gasteiger partial charge >= 0.3 is 6.03 Å². The summed E-state index contributed by atoms with van der Waals surface area (Å²) in [7, 11) is 2.10. The van der Waals surface area contributed by atoms with Gasteiger partial charge in [0.15, 0.2) is 0 Å². The van der Waals surface area contributed by atoms with Crippen LogP contribution in [0.2, 0.25) is 0 Å². The molecule has 5 heteroatoms. The molecule has 1 fully saturated rings. The Bertz CT molecular complexity index is 783. The minimum absolute atomic E-state index is 0.00385. The lowest BCUT2D eigenvalue weighted by atomic mass is 10.0. The molecular weight excluding hydrogens is 324 g/mol. The van der Waals surface area contributed by atoms with Crippen molar-refractivity contribution in [2.45, 2.75) is 12.8 Å². The lowest BCUT2D eigenvalue weighted by Gasteiger charge is -2.34. The van der Waals surface area contributed by atoms with Gasteiger partial charge in [-0.2, -0.15) is 0 Å². The zero-order chi connectivity index (χ0) is 17.9. The van der Waals surface area contributed by atoms with Crippen molar-refractivity contribution >= 4 is 23.1 Å². The van der Waals surface area contributed by atoms with Gasteiger partial charge in [0, 0.05) is 38.4 Å². The van der Waals surface area contributed by atoms with Crippen LogP contribution in [-0.2, 0) is 6.42 Å². The molecule has 1 saturated heterocycles. The van der Waals surface area contributed by atoms with E-state index in [1.54, 1.807) is 0 Å². The highest BCUT2D eigenvalue weighted by atomic mass is 16.2. The van der Waals surface area contributed by atoms with E-state index >= 15 is 0 Å². The molecule has 0 unspecified atom stereocenters. The molecule has 136 valence electrons. The Morgan fingerprint density at radius 1 is 0.885 bits per heavy atom. The number of fused-ring (bicyclic) bond motifs is 1. The number of para-hydroxylation sites is 3. The third kappa shape index (κ3) is 3.40. The van der Waals surface area contributed by atoms with Crippen LogP contribution in [0.5, 0.6) is 0 Å². The zero-order valence-corrected chi connectivity index (χ0v) is 15.3. The van der Waals surface area contributed by atoms with Crippen LogP contribution in [-0.4, -0.2) is 55.6 Å². The largest absolute Gasteiger partial charge is 0.340 e. The summed E-state index contributed by atoms with van der Waals surface area (Å²) >= 11 is 0. The zero-order valence-electron chi connectivity index (χ0n) is 15.3. The van der Waals surface area contributed by atoms with Crippen molar-refractivity contribution < 1.29 is 4.79 Å². The number of anilines is 3. The maximum absolute atomic E-state index is 12.7. The number of urea groups is 1. The number of carbonyl (C=O) groups excluding carboxylic acids is 1. The van der Waals surface area contributed by atoms with E-state index in [2.05, 4.69) is 52.5 Å². The molecule has 26 heavy (non-hydrogen) atoms. The average molecular weight is 350 g/mol. The summed E-state index contributed by atoms with van der Waals surface area (Å²) in [6, 6.07) is 16.7. The van der Waals surface area contributed by atoms with Crippen LogP contribution in [0, 0.1) is 0 Å². The van der Waals surface area contributed by atoms with Crippen LogP contribution in [0.3, 0.4) is 0 Å². The second-order valence-corrected chi connectivity index (χ2v) is 7.12. The molecule has 0 aliphatic carbocycles. The van der Waals surface area contributed by atoms with Crippen molar-refractivity contribution in [3.05, 3.63) is 54.1 Å². The van der Waals surface area contributed by atoms with Crippen LogP contribution in [0.4, 0.5) is 21.9 Å². The van der Waals surface area contributed by atoms with E-state index in [1.807, 2.05) is 23.1 Å². The molecule has 0 radical (unpaired) electrons. The molecule has 2 aromatic carbocycles. The van der Waals surface area contributed by atoms with Crippen LogP contribution in [0.1, 0.15) is 12.0 Å². The fourth-order valence-corrected chi connectivity index (χ4v) is 3.80. The Kier molecular flexibility index (Phi) is 4.80. The monoisotopic (exact) mass is 350 g/mol. The summed E-state index contributed by atoms with van der Waals surface area (Å²) in [5.41, 5.74) is 4.58. The average Bonchev–Trinajstić information content (AvgIpc) is 2.68. The summed E-state index contributed by atoms with van der Waals surface area (Å²) in [4.78, 5) is 19.2. The number of hydrogen-bond donors (Lipinski definition) is 1. The van der Waals surface area contributed by atoms with E-state index in [1.165, 1.54) is 11.3 Å². The third-order valence-corrected chi connectivity index (χ3v) is 5.34. The van der Waals surface area contributed by atoms with E-state index in [0.717, 1.165) is 56.9 Å². The topological polar surface area (TPSA) is 38.8 Å². The van der Waals surface area contributed by atoms with Crippen LogP contribution < -0.4 is 10.2 Å². The fourth-order valence-electron chi connectivity index (χ4n) is 3.80. The van der Waals surface area contributed by atoms with Gasteiger partial charge in [0.05, 0.1) is 11.4 Å². The molecule has 4 rings (SSSR count). The molecule has 0 aromatic heterocycles. The molecule has 0 saturated carbocycles. The molecule has 1 N–H and O–H groups in total. The summed E-state index contributed by atoms with van der Waals surface area (Å²) in [6.07, 6.45) is 2.24. The first-order valence-electron chi connectivity index (χ1n) is 9.41. The van der Waals surface area contributed by atoms with Crippen LogP contribution >= 0.6 is 0 Å². The van der Waals surface area contributed by atoms with E-state index in [0.29, 0.717) is 0 Å². The van der Waals surface area contributed by atoms with Gasteiger partial charge < -0.3 is 20.0 Å². The van der Waals surface area contributed by atoms with E-state index in [-0.39, 0.29) is 6.03 Å². The Balaban J connectivity index is 1.57. The molecule has 2 heterocycles. The molecule has 2 amide bonds. The number of nitrogens with one attached hydrogen (secondary N) is 1. The third-order valence-electron chi connectivity index (χ3n) is 5.34. The van der Waals surface area contributed by atoms with Gasteiger partial charge in [0.2, 0.25) is 0 Å². The molecular formula is C21H26N4O. The number of rotatable bonds is 2. The van der Waals surface area contributed by atoms with Crippen molar-refractivity contribution in [1.29, 1.82) is 0 Å².